The van der Waals surface area contributed by atoms with Gasteiger partial charge in [-0.25, -0.2) is 0 Å². The van der Waals surface area contributed by atoms with E-state index in [4.69, 9.17) is 0 Å². The maximum Gasteiger partial charge on any atom is 0.310 e. The van der Waals surface area contributed by atoms with Crippen molar-refractivity contribution in [1.82, 2.24) is 0 Å². The summed E-state index contributed by atoms with van der Waals surface area (Å²) in [7, 11) is 0. The van der Waals surface area contributed by atoms with Gasteiger partial charge in [0.25, 0.3) is 0 Å². The SMILES string of the molecule is C=C(CC[C@@H](C)[C@H]1CC[C@@]2(C)[C@@H]3CC[C@H]4C(C)(C)[C@@H](O)CC[C@@]45C[C@@]35CC[C@]12C)[C@@H](C)C(=O)O. The average molecular weight is 471 g/mol. The summed E-state index contributed by atoms with van der Waals surface area (Å²) in [6.45, 7) is 18.3. The van der Waals surface area contributed by atoms with E-state index in [9.17, 15) is 15.0 Å². The van der Waals surface area contributed by atoms with Crippen LogP contribution in [0.25, 0.3) is 0 Å². The van der Waals surface area contributed by atoms with Crippen LogP contribution in [0.3, 0.4) is 0 Å². The molecular formula is C31H50O3. The van der Waals surface area contributed by atoms with Gasteiger partial charge in [0.05, 0.1) is 12.0 Å². The lowest BCUT2D eigenvalue weighted by molar-refractivity contribution is -0.161. The molecule has 5 fully saturated rings. The highest BCUT2D eigenvalue weighted by Gasteiger charge is 2.82. The Bertz CT molecular complexity index is 876. The van der Waals surface area contributed by atoms with Gasteiger partial charge in [0.2, 0.25) is 0 Å². The van der Waals surface area contributed by atoms with Gasteiger partial charge in [-0.05, 0) is 128 Å². The van der Waals surface area contributed by atoms with Gasteiger partial charge in [0.15, 0.2) is 0 Å². The van der Waals surface area contributed by atoms with Gasteiger partial charge in [-0.3, -0.25) is 4.79 Å². The van der Waals surface area contributed by atoms with Crippen molar-refractivity contribution in [3.8, 4) is 0 Å². The predicted molar refractivity (Wildman–Crippen MR) is 137 cm³/mol. The molecule has 0 radical (unpaired) electrons. The Morgan fingerprint density at radius 3 is 2.24 bits per heavy atom. The van der Waals surface area contributed by atoms with E-state index in [1.807, 2.05) is 0 Å². The lowest BCUT2D eigenvalue weighted by atomic mass is 9.41. The molecule has 0 heterocycles. The predicted octanol–water partition coefficient (Wildman–Crippen LogP) is 7.48. The molecule has 5 aliphatic carbocycles. The Hall–Kier alpha value is -0.830. The van der Waals surface area contributed by atoms with Gasteiger partial charge < -0.3 is 10.2 Å². The van der Waals surface area contributed by atoms with Crippen molar-refractivity contribution in [3.05, 3.63) is 12.2 Å². The fourth-order valence-electron chi connectivity index (χ4n) is 11.3. The van der Waals surface area contributed by atoms with E-state index in [1.165, 1.54) is 51.4 Å². The Kier molecular flexibility index (Phi) is 5.55. The van der Waals surface area contributed by atoms with Gasteiger partial charge in [-0.2, -0.15) is 0 Å². The third-order valence-corrected chi connectivity index (χ3v) is 13.7. The molecule has 0 aromatic rings. The quantitative estimate of drug-likeness (QED) is 0.396. The summed E-state index contributed by atoms with van der Waals surface area (Å²) in [5.41, 5.74) is 2.82. The van der Waals surface area contributed by atoms with Gasteiger partial charge in [-0.1, -0.05) is 46.8 Å². The van der Waals surface area contributed by atoms with Crippen LogP contribution >= 0.6 is 0 Å². The molecule has 0 bridgehead atoms. The molecule has 5 aliphatic rings. The largest absolute Gasteiger partial charge is 0.481 e. The van der Waals surface area contributed by atoms with Crippen LogP contribution in [-0.4, -0.2) is 22.3 Å². The summed E-state index contributed by atoms with van der Waals surface area (Å²) < 4.78 is 0. The first kappa shape index (κ1) is 24.8. The minimum absolute atomic E-state index is 0.0661. The van der Waals surface area contributed by atoms with Crippen molar-refractivity contribution < 1.29 is 15.0 Å². The monoisotopic (exact) mass is 470 g/mol. The molecule has 3 heteroatoms. The number of fused-ring (bicyclic) bond motifs is 2. The second-order valence-electron chi connectivity index (χ2n) is 14.8. The Morgan fingerprint density at radius 1 is 0.912 bits per heavy atom. The molecule has 0 saturated heterocycles. The average Bonchev–Trinajstić information content (AvgIpc) is 3.36. The molecule has 0 aromatic heterocycles. The van der Waals surface area contributed by atoms with E-state index in [-0.39, 0.29) is 11.5 Å². The molecule has 3 nitrogen and oxygen atoms in total. The minimum atomic E-state index is -0.747. The van der Waals surface area contributed by atoms with Gasteiger partial charge in [0.1, 0.15) is 0 Å². The molecule has 0 aliphatic heterocycles. The smallest absolute Gasteiger partial charge is 0.310 e. The molecule has 0 unspecified atom stereocenters. The van der Waals surface area contributed by atoms with Crippen molar-refractivity contribution >= 4 is 5.97 Å². The molecule has 2 spiro atoms. The summed E-state index contributed by atoms with van der Waals surface area (Å²) in [6, 6.07) is 0. The molecule has 2 N–H and O–H groups in total. The highest BCUT2D eigenvalue weighted by atomic mass is 16.4. The number of carboxylic acids is 1. The lowest BCUT2D eigenvalue weighted by Gasteiger charge is -2.63. The topological polar surface area (TPSA) is 57.5 Å². The number of hydrogen-bond acceptors (Lipinski definition) is 2. The number of aliphatic hydroxyl groups excluding tert-OH is 1. The normalized spacial score (nSPS) is 50.2. The minimum Gasteiger partial charge on any atom is -0.481 e. The molecule has 34 heavy (non-hydrogen) atoms. The maximum atomic E-state index is 11.4. The van der Waals surface area contributed by atoms with Crippen molar-refractivity contribution in [2.45, 2.75) is 118 Å². The summed E-state index contributed by atoms with van der Waals surface area (Å²) in [5, 5.41) is 20.2. The van der Waals surface area contributed by atoms with E-state index in [2.05, 4.69) is 41.2 Å². The maximum absolute atomic E-state index is 11.4. The van der Waals surface area contributed by atoms with E-state index in [0.717, 1.165) is 36.7 Å². The number of aliphatic hydroxyl groups is 1. The summed E-state index contributed by atoms with van der Waals surface area (Å²) >= 11 is 0. The van der Waals surface area contributed by atoms with Crippen LogP contribution in [0.5, 0.6) is 0 Å². The zero-order valence-electron chi connectivity index (χ0n) is 22.8. The molecule has 5 saturated carbocycles. The van der Waals surface area contributed by atoms with Crippen molar-refractivity contribution in [2.75, 3.05) is 0 Å². The van der Waals surface area contributed by atoms with Crippen LogP contribution in [0.2, 0.25) is 0 Å². The molecule has 0 aromatic carbocycles. The molecular weight excluding hydrogens is 420 g/mol. The van der Waals surface area contributed by atoms with Gasteiger partial charge in [-0.15, -0.1) is 0 Å². The van der Waals surface area contributed by atoms with Crippen LogP contribution in [0.1, 0.15) is 112 Å². The number of carboxylic acid groups (broad SMARTS) is 1. The van der Waals surface area contributed by atoms with Crippen LogP contribution in [0.4, 0.5) is 0 Å². The lowest BCUT2D eigenvalue weighted by Crippen LogP contribution is -2.57. The first-order valence-corrected chi connectivity index (χ1v) is 14.4. The number of carbonyl (C=O) groups is 1. The van der Waals surface area contributed by atoms with Crippen molar-refractivity contribution in [3.63, 3.8) is 0 Å². The first-order valence-electron chi connectivity index (χ1n) is 14.4. The highest BCUT2D eigenvalue weighted by molar-refractivity contribution is 5.72. The second-order valence-corrected chi connectivity index (χ2v) is 14.8. The van der Waals surface area contributed by atoms with Crippen LogP contribution in [-0.2, 0) is 4.79 Å². The number of rotatable bonds is 6. The zero-order chi connectivity index (χ0) is 24.9. The van der Waals surface area contributed by atoms with E-state index >= 15 is 0 Å². The first-order chi connectivity index (χ1) is 15.8. The third-order valence-electron chi connectivity index (χ3n) is 13.7. The summed E-state index contributed by atoms with van der Waals surface area (Å²) in [6.07, 6.45) is 13.6. The van der Waals surface area contributed by atoms with Crippen LogP contribution in [0, 0.1) is 56.7 Å². The second kappa shape index (κ2) is 7.59. The van der Waals surface area contributed by atoms with E-state index in [1.54, 1.807) is 6.92 Å². The molecule has 10 atom stereocenters. The Balaban J connectivity index is 1.35. The van der Waals surface area contributed by atoms with E-state index < -0.39 is 11.9 Å². The van der Waals surface area contributed by atoms with E-state index in [0.29, 0.717) is 33.5 Å². The van der Waals surface area contributed by atoms with Crippen LogP contribution < -0.4 is 0 Å². The Morgan fingerprint density at radius 2 is 1.56 bits per heavy atom. The Labute approximate surface area is 208 Å². The van der Waals surface area contributed by atoms with Crippen molar-refractivity contribution in [1.29, 1.82) is 0 Å². The molecule has 192 valence electrons. The highest BCUT2D eigenvalue weighted by Crippen LogP contribution is 2.89. The van der Waals surface area contributed by atoms with Gasteiger partial charge >= 0.3 is 5.97 Å². The third kappa shape index (κ3) is 2.94. The zero-order valence-corrected chi connectivity index (χ0v) is 22.8. The summed E-state index contributed by atoms with van der Waals surface area (Å²) in [4.78, 5) is 11.4. The number of hydrogen-bond donors (Lipinski definition) is 2. The number of aliphatic carboxylic acids is 1. The molecule has 5 rings (SSSR count). The van der Waals surface area contributed by atoms with Gasteiger partial charge in [0, 0.05) is 0 Å². The fourth-order valence-corrected chi connectivity index (χ4v) is 11.3. The molecule has 0 amide bonds. The summed E-state index contributed by atoms with van der Waals surface area (Å²) in [5.74, 6) is 1.71. The van der Waals surface area contributed by atoms with Crippen LogP contribution in [0.15, 0.2) is 12.2 Å². The fraction of sp³-hybridized carbons (Fsp3) is 0.903. The standard InChI is InChI=1S/C31H50O3/c1-19(21(3)26(33)34)8-9-20(2)22-12-14-29(7)24-11-10-23-27(4,5)25(32)13-15-30(23)18-31(24,30)17-16-28(22,29)6/h20-25,32H,1,8-18H2,2-7H3,(H,33,34)/t20-,21-,22-,23+,24+,25+,28-,29+,30-,31+/m1/s1. The van der Waals surface area contributed by atoms with Crippen molar-refractivity contribution in [2.24, 2.45) is 56.7 Å².